The second kappa shape index (κ2) is 6.37. The van der Waals surface area contributed by atoms with Crippen LogP contribution in [0.2, 0.25) is 0 Å². The van der Waals surface area contributed by atoms with Crippen LogP contribution in [0, 0.1) is 24.7 Å². The number of amides is 1. The molecule has 0 bridgehead atoms. The van der Waals surface area contributed by atoms with Crippen LogP contribution in [0.25, 0.3) is 0 Å². The minimum atomic E-state index is -0.0305. The molecule has 0 aliphatic carbocycles. The van der Waals surface area contributed by atoms with E-state index in [1.165, 1.54) is 0 Å². The Morgan fingerprint density at radius 2 is 2.42 bits per heavy atom. The smallest absolute Gasteiger partial charge is 0.229 e. The molecule has 0 spiro atoms. The van der Waals surface area contributed by atoms with Gasteiger partial charge in [0.1, 0.15) is 0 Å². The van der Waals surface area contributed by atoms with E-state index in [0.717, 1.165) is 23.2 Å². The van der Waals surface area contributed by atoms with Gasteiger partial charge in [0.2, 0.25) is 5.91 Å². The molecule has 100 valence electrons. The number of nitrogens with one attached hydrogen (secondary N) is 1. The molecule has 1 atom stereocenters. The average molecular weight is 258 g/mol. The van der Waals surface area contributed by atoms with Crippen LogP contribution >= 0.6 is 0 Å². The molecule has 1 aliphatic heterocycles. The fourth-order valence-electron chi connectivity index (χ4n) is 2.01. The number of benzene rings is 1. The van der Waals surface area contributed by atoms with E-state index in [1.54, 1.807) is 0 Å². The summed E-state index contributed by atoms with van der Waals surface area (Å²) in [5.74, 6) is 5.82. The van der Waals surface area contributed by atoms with Gasteiger partial charge in [-0.2, -0.15) is 0 Å². The van der Waals surface area contributed by atoms with Crippen LogP contribution in [0.3, 0.4) is 0 Å². The Morgan fingerprint density at radius 1 is 1.58 bits per heavy atom. The molecular weight excluding hydrogens is 240 g/mol. The molecule has 1 heterocycles. The molecule has 1 aromatic carbocycles. The summed E-state index contributed by atoms with van der Waals surface area (Å²) < 4.78 is 5.21. The lowest BCUT2D eigenvalue weighted by atomic mass is 10.1. The van der Waals surface area contributed by atoms with Gasteiger partial charge in [-0.05, 0) is 37.1 Å². The minimum absolute atomic E-state index is 0.0256. The van der Waals surface area contributed by atoms with E-state index in [2.05, 4.69) is 17.2 Å². The summed E-state index contributed by atoms with van der Waals surface area (Å²) >= 11 is 0. The van der Waals surface area contributed by atoms with Gasteiger partial charge in [0, 0.05) is 17.9 Å². The standard InChI is InChI=1S/C15H18N2O2/c1-11-9-14(5-4-12(11)3-2-7-16)17-15(18)13-6-8-19-10-13/h4-5,9,13H,6-8,10,16H2,1H3,(H,17,18). The molecule has 0 saturated carbocycles. The second-order valence-corrected chi connectivity index (χ2v) is 4.59. The Bertz CT molecular complexity index is 523. The van der Waals surface area contributed by atoms with Crippen LogP contribution in [-0.4, -0.2) is 25.7 Å². The van der Waals surface area contributed by atoms with Gasteiger partial charge < -0.3 is 15.8 Å². The van der Waals surface area contributed by atoms with Crippen molar-refractivity contribution in [2.24, 2.45) is 11.7 Å². The zero-order valence-corrected chi connectivity index (χ0v) is 11.0. The zero-order chi connectivity index (χ0) is 13.7. The lowest BCUT2D eigenvalue weighted by Crippen LogP contribution is -2.22. The monoisotopic (exact) mass is 258 g/mol. The van der Waals surface area contributed by atoms with Crippen molar-refractivity contribution >= 4 is 11.6 Å². The van der Waals surface area contributed by atoms with E-state index in [9.17, 15) is 4.79 Å². The molecule has 0 aromatic heterocycles. The molecule has 1 aliphatic rings. The number of carbonyl (C=O) groups excluding carboxylic acids is 1. The van der Waals surface area contributed by atoms with Crippen LogP contribution in [0.4, 0.5) is 5.69 Å². The number of hydrogen-bond acceptors (Lipinski definition) is 3. The molecule has 0 radical (unpaired) electrons. The maximum absolute atomic E-state index is 11.9. The largest absolute Gasteiger partial charge is 0.381 e. The molecule has 19 heavy (non-hydrogen) atoms. The summed E-state index contributed by atoms with van der Waals surface area (Å²) in [5, 5.41) is 2.92. The first-order valence-electron chi connectivity index (χ1n) is 6.39. The fraction of sp³-hybridized carbons (Fsp3) is 0.400. The van der Waals surface area contributed by atoms with Gasteiger partial charge in [-0.15, -0.1) is 0 Å². The molecule has 3 N–H and O–H groups in total. The van der Waals surface area contributed by atoms with Crippen molar-refractivity contribution in [2.45, 2.75) is 13.3 Å². The molecule has 4 heteroatoms. The van der Waals surface area contributed by atoms with Crippen LogP contribution in [0.5, 0.6) is 0 Å². The van der Waals surface area contributed by atoms with Crippen LogP contribution in [0.15, 0.2) is 18.2 Å². The minimum Gasteiger partial charge on any atom is -0.381 e. The molecule has 1 unspecified atom stereocenters. The van der Waals surface area contributed by atoms with E-state index >= 15 is 0 Å². The van der Waals surface area contributed by atoms with Gasteiger partial charge in [-0.25, -0.2) is 0 Å². The molecule has 1 aromatic rings. The molecular formula is C15H18N2O2. The van der Waals surface area contributed by atoms with Crippen molar-refractivity contribution in [3.63, 3.8) is 0 Å². The van der Waals surface area contributed by atoms with Crippen molar-refractivity contribution in [1.82, 2.24) is 0 Å². The molecule has 1 amide bonds. The number of anilines is 1. The van der Waals surface area contributed by atoms with Crippen LogP contribution in [-0.2, 0) is 9.53 Å². The SMILES string of the molecule is Cc1cc(NC(=O)C2CCOC2)ccc1C#CCN. The van der Waals surface area contributed by atoms with E-state index in [4.69, 9.17) is 10.5 Å². The number of ether oxygens (including phenoxy) is 1. The summed E-state index contributed by atoms with van der Waals surface area (Å²) in [6.45, 7) is 3.50. The Kier molecular flexibility index (Phi) is 4.56. The number of nitrogens with two attached hydrogens (primary N) is 1. The Hall–Kier alpha value is -1.83. The first kappa shape index (κ1) is 13.6. The fourth-order valence-corrected chi connectivity index (χ4v) is 2.01. The van der Waals surface area contributed by atoms with Gasteiger partial charge in [0.15, 0.2) is 0 Å². The summed E-state index contributed by atoms with van der Waals surface area (Å²) in [5.41, 5.74) is 8.12. The predicted molar refractivity (Wildman–Crippen MR) is 74.7 cm³/mol. The summed E-state index contributed by atoms with van der Waals surface area (Å²) in [6.07, 6.45) is 0.797. The van der Waals surface area contributed by atoms with Crippen molar-refractivity contribution in [3.8, 4) is 11.8 Å². The second-order valence-electron chi connectivity index (χ2n) is 4.59. The highest BCUT2D eigenvalue weighted by Crippen LogP contribution is 2.18. The Morgan fingerprint density at radius 3 is 3.05 bits per heavy atom. The quantitative estimate of drug-likeness (QED) is 0.785. The van der Waals surface area contributed by atoms with Gasteiger partial charge >= 0.3 is 0 Å². The third-order valence-corrected chi connectivity index (χ3v) is 3.12. The van der Waals surface area contributed by atoms with Crippen molar-refractivity contribution in [2.75, 3.05) is 25.1 Å². The third-order valence-electron chi connectivity index (χ3n) is 3.12. The van der Waals surface area contributed by atoms with Gasteiger partial charge in [-0.3, -0.25) is 4.79 Å². The van der Waals surface area contributed by atoms with Crippen LogP contribution < -0.4 is 11.1 Å². The normalized spacial score (nSPS) is 17.7. The van der Waals surface area contributed by atoms with E-state index in [0.29, 0.717) is 19.8 Å². The summed E-state index contributed by atoms with van der Waals surface area (Å²) in [4.78, 5) is 11.9. The first-order valence-corrected chi connectivity index (χ1v) is 6.39. The lowest BCUT2D eigenvalue weighted by Gasteiger charge is -2.10. The van der Waals surface area contributed by atoms with Gasteiger partial charge in [0.25, 0.3) is 0 Å². The Balaban J connectivity index is 2.05. The van der Waals surface area contributed by atoms with E-state index in [-0.39, 0.29) is 11.8 Å². The lowest BCUT2D eigenvalue weighted by molar-refractivity contribution is -0.119. The van der Waals surface area contributed by atoms with E-state index in [1.807, 2.05) is 25.1 Å². The molecule has 1 saturated heterocycles. The number of carbonyl (C=O) groups is 1. The third kappa shape index (κ3) is 3.57. The summed E-state index contributed by atoms with van der Waals surface area (Å²) in [6, 6.07) is 5.69. The van der Waals surface area contributed by atoms with E-state index < -0.39 is 0 Å². The summed E-state index contributed by atoms with van der Waals surface area (Å²) in [7, 11) is 0. The Labute approximate surface area is 113 Å². The van der Waals surface area contributed by atoms with Gasteiger partial charge in [-0.1, -0.05) is 11.8 Å². The highest BCUT2D eigenvalue weighted by Gasteiger charge is 2.23. The number of rotatable bonds is 2. The van der Waals surface area contributed by atoms with Crippen LogP contribution in [0.1, 0.15) is 17.5 Å². The number of hydrogen-bond donors (Lipinski definition) is 2. The van der Waals surface area contributed by atoms with Crippen molar-refractivity contribution in [1.29, 1.82) is 0 Å². The van der Waals surface area contributed by atoms with Gasteiger partial charge in [0.05, 0.1) is 19.1 Å². The van der Waals surface area contributed by atoms with Crippen molar-refractivity contribution < 1.29 is 9.53 Å². The predicted octanol–water partition coefficient (Wildman–Crippen LogP) is 1.28. The maximum Gasteiger partial charge on any atom is 0.229 e. The maximum atomic E-state index is 11.9. The molecule has 2 rings (SSSR count). The molecule has 1 fully saturated rings. The average Bonchev–Trinajstić information content (AvgIpc) is 2.92. The van der Waals surface area contributed by atoms with Crippen molar-refractivity contribution in [3.05, 3.63) is 29.3 Å². The first-order chi connectivity index (χ1) is 9.20. The highest BCUT2D eigenvalue weighted by molar-refractivity contribution is 5.92. The topological polar surface area (TPSA) is 64.3 Å². The highest BCUT2D eigenvalue weighted by atomic mass is 16.5. The number of aryl methyl sites for hydroxylation is 1. The molecule has 4 nitrogen and oxygen atoms in total. The zero-order valence-electron chi connectivity index (χ0n) is 11.0.